The van der Waals surface area contributed by atoms with Crippen LogP contribution in [0.5, 0.6) is 0 Å². The molecule has 0 amide bonds. The molecule has 0 aliphatic heterocycles. The van der Waals surface area contributed by atoms with Gasteiger partial charge in [-0.05, 0) is 31.6 Å². The maximum absolute atomic E-state index is 5.21. The highest BCUT2D eigenvalue weighted by atomic mass is 79.9. The van der Waals surface area contributed by atoms with Crippen molar-refractivity contribution in [3.05, 3.63) is 0 Å². The first-order valence-corrected chi connectivity index (χ1v) is 7.58. The molecule has 1 aliphatic rings. The summed E-state index contributed by atoms with van der Waals surface area (Å²) in [5.74, 6) is 0. The van der Waals surface area contributed by atoms with Crippen molar-refractivity contribution in [2.45, 2.75) is 45.6 Å². The summed E-state index contributed by atoms with van der Waals surface area (Å²) in [6.45, 7) is 7.75. The van der Waals surface area contributed by atoms with Crippen LogP contribution in [0.4, 0.5) is 0 Å². The molecule has 0 bridgehead atoms. The normalized spacial score (nSPS) is 20.8. The first kappa shape index (κ1) is 14.5. The lowest BCUT2D eigenvalue weighted by Crippen LogP contribution is -2.47. The van der Waals surface area contributed by atoms with Gasteiger partial charge in [0.1, 0.15) is 0 Å². The van der Waals surface area contributed by atoms with Gasteiger partial charge in [-0.15, -0.1) is 0 Å². The van der Waals surface area contributed by atoms with Crippen molar-refractivity contribution >= 4 is 15.9 Å². The highest BCUT2D eigenvalue weighted by Crippen LogP contribution is 2.43. The van der Waals surface area contributed by atoms with E-state index in [0.29, 0.717) is 11.5 Å². The Labute approximate surface area is 109 Å². The highest BCUT2D eigenvalue weighted by molar-refractivity contribution is 9.09. The van der Waals surface area contributed by atoms with E-state index in [-0.39, 0.29) is 0 Å². The van der Waals surface area contributed by atoms with Crippen LogP contribution in [0.3, 0.4) is 0 Å². The third-order valence-electron chi connectivity index (χ3n) is 4.03. The van der Waals surface area contributed by atoms with Gasteiger partial charge >= 0.3 is 0 Å². The highest BCUT2D eigenvalue weighted by Gasteiger charge is 2.37. The number of methoxy groups -OCH3 is 1. The van der Waals surface area contributed by atoms with Crippen molar-refractivity contribution in [3.8, 4) is 0 Å². The molecule has 3 heteroatoms. The first-order valence-electron chi connectivity index (χ1n) is 6.46. The maximum atomic E-state index is 5.21. The van der Waals surface area contributed by atoms with E-state index in [4.69, 9.17) is 4.74 Å². The molecule has 1 aliphatic carbocycles. The lowest BCUT2D eigenvalue weighted by Gasteiger charge is -2.45. The average Bonchev–Trinajstić information content (AvgIpc) is 2.26. The molecular weight excluding hydrogens is 266 g/mol. The topological polar surface area (TPSA) is 12.5 Å². The Bertz CT molecular complexity index is 189. The van der Waals surface area contributed by atoms with Crippen LogP contribution in [0.2, 0.25) is 0 Å². The Morgan fingerprint density at radius 3 is 2.50 bits per heavy atom. The molecule has 1 atom stereocenters. The Balaban J connectivity index is 2.47. The Morgan fingerprint density at radius 1 is 1.44 bits per heavy atom. The Hall–Kier alpha value is 0.400. The van der Waals surface area contributed by atoms with E-state index < -0.39 is 0 Å². The van der Waals surface area contributed by atoms with Crippen LogP contribution in [-0.2, 0) is 4.74 Å². The fourth-order valence-corrected chi connectivity index (χ4v) is 3.10. The molecule has 0 spiro atoms. The van der Waals surface area contributed by atoms with Gasteiger partial charge in [0.2, 0.25) is 0 Å². The van der Waals surface area contributed by atoms with Gasteiger partial charge in [0.15, 0.2) is 0 Å². The van der Waals surface area contributed by atoms with Crippen LogP contribution < -0.4 is 0 Å². The van der Waals surface area contributed by atoms with E-state index in [2.05, 4.69) is 34.7 Å². The molecule has 0 aromatic rings. The minimum atomic E-state index is 0.553. The van der Waals surface area contributed by atoms with E-state index in [1.807, 2.05) is 0 Å². The molecule has 1 fully saturated rings. The van der Waals surface area contributed by atoms with E-state index in [1.54, 1.807) is 7.11 Å². The van der Waals surface area contributed by atoms with Gasteiger partial charge in [-0.1, -0.05) is 29.3 Å². The molecular formula is C13H26BrNO. The number of alkyl halides is 1. The zero-order chi connectivity index (χ0) is 12.0. The molecule has 96 valence electrons. The number of rotatable bonds is 8. The summed E-state index contributed by atoms with van der Waals surface area (Å²) in [6, 6.07) is 0.673. The number of ether oxygens (including phenoxy) is 1. The molecule has 1 unspecified atom stereocenters. The van der Waals surface area contributed by atoms with Gasteiger partial charge in [-0.3, -0.25) is 4.90 Å². The predicted octanol–water partition coefficient (Wildman–Crippen LogP) is 3.30. The molecule has 16 heavy (non-hydrogen) atoms. The van der Waals surface area contributed by atoms with Crippen LogP contribution in [0.1, 0.15) is 39.5 Å². The van der Waals surface area contributed by atoms with E-state index >= 15 is 0 Å². The van der Waals surface area contributed by atoms with Crippen molar-refractivity contribution in [3.63, 3.8) is 0 Å². The van der Waals surface area contributed by atoms with Gasteiger partial charge in [0.05, 0.1) is 6.61 Å². The second kappa shape index (κ2) is 6.97. The molecule has 0 saturated heterocycles. The van der Waals surface area contributed by atoms with Crippen molar-refractivity contribution < 1.29 is 4.74 Å². The molecule has 2 nitrogen and oxygen atoms in total. The van der Waals surface area contributed by atoms with Gasteiger partial charge in [0.25, 0.3) is 0 Å². The quantitative estimate of drug-likeness (QED) is 0.636. The monoisotopic (exact) mass is 291 g/mol. The fourth-order valence-electron chi connectivity index (χ4n) is 2.36. The van der Waals surface area contributed by atoms with E-state index in [9.17, 15) is 0 Å². The number of hydrogen-bond acceptors (Lipinski definition) is 2. The summed E-state index contributed by atoms with van der Waals surface area (Å²) >= 11 is 3.69. The lowest BCUT2D eigenvalue weighted by molar-refractivity contribution is 0.0484. The Kier molecular flexibility index (Phi) is 6.30. The number of halogens is 1. The lowest BCUT2D eigenvalue weighted by atomic mass is 9.70. The molecule has 0 aromatic carbocycles. The van der Waals surface area contributed by atoms with Crippen molar-refractivity contribution in [2.75, 3.05) is 32.1 Å². The minimum Gasteiger partial charge on any atom is -0.383 e. The third-order valence-corrected chi connectivity index (χ3v) is 5.22. The standard InChI is InChI=1S/C13H26BrNO/c1-4-12(2)15(8-9-16-3)11-13(10-14)6-5-7-13/h12H,4-11H2,1-3H3. The fraction of sp³-hybridized carbons (Fsp3) is 1.00. The Morgan fingerprint density at radius 2 is 2.12 bits per heavy atom. The molecule has 0 radical (unpaired) electrons. The maximum Gasteiger partial charge on any atom is 0.0589 e. The largest absolute Gasteiger partial charge is 0.383 e. The average molecular weight is 292 g/mol. The van der Waals surface area contributed by atoms with Crippen LogP contribution >= 0.6 is 15.9 Å². The number of hydrogen-bond donors (Lipinski definition) is 0. The zero-order valence-corrected chi connectivity index (χ0v) is 12.6. The van der Waals surface area contributed by atoms with Gasteiger partial charge in [0, 0.05) is 31.6 Å². The second-order valence-electron chi connectivity index (χ2n) is 5.21. The van der Waals surface area contributed by atoms with Crippen LogP contribution in [0.15, 0.2) is 0 Å². The molecule has 0 heterocycles. The van der Waals surface area contributed by atoms with Gasteiger partial charge in [-0.2, -0.15) is 0 Å². The summed E-state index contributed by atoms with van der Waals surface area (Å²) in [6.07, 6.45) is 5.41. The van der Waals surface area contributed by atoms with E-state index in [1.165, 1.54) is 32.2 Å². The van der Waals surface area contributed by atoms with E-state index in [0.717, 1.165) is 18.5 Å². The van der Waals surface area contributed by atoms with Crippen molar-refractivity contribution in [1.82, 2.24) is 4.90 Å². The van der Waals surface area contributed by atoms with Crippen LogP contribution in [0.25, 0.3) is 0 Å². The predicted molar refractivity (Wildman–Crippen MR) is 73.3 cm³/mol. The first-order chi connectivity index (χ1) is 7.67. The third kappa shape index (κ3) is 3.71. The molecule has 1 saturated carbocycles. The second-order valence-corrected chi connectivity index (χ2v) is 5.77. The van der Waals surface area contributed by atoms with Crippen LogP contribution in [0, 0.1) is 5.41 Å². The van der Waals surface area contributed by atoms with Crippen molar-refractivity contribution in [1.29, 1.82) is 0 Å². The van der Waals surface area contributed by atoms with Gasteiger partial charge < -0.3 is 4.74 Å². The van der Waals surface area contributed by atoms with Crippen molar-refractivity contribution in [2.24, 2.45) is 5.41 Å². The summed E-state index contributed by atoms with van der Waals surface area (Å²) in [5, 5.41) is 1.15. The zero-order valence-electron chi connectivity index (χ0n) is 11.0. The van der Waals surface area contributed by atoms with Gasteiger partial charge in [-0.25, -0.2) is 0 Å². The summed E-state index contributed by atoms with van der Waals surface area (Å²) < 4.78 is 5.21. The molecule has 1 rings (SSSR count). The number of nitrogens with zero attached hydrogens (tertiary/aromatic N) is 1. The summed E-state index contributed by atoms with van der Waals surface area (Å²) in [7, 11) is 1.79. The molecule has 0 aromatic heterocycles. The smallest absolute Gasteiger partial charge is 0.0589 e. The summed E-state index contributed by atoms with van der Waals surface area (Å²) in [4.78, 5) is 2.60. The minimum absolute atomic E-state index is 0.553. The van der Waals surface area contributed by atoms with Crippen LogP contribution in [-0.4, -0.2) is 43.1 Å². The molecule has 0 N–H and O–H groups in total. The summed E-state index contributed by atoms with van der Waals surface area (Å²) in [5.41, 5.74) is 0.553. The SMILES string of the molecule is CCC(C)N(CCOC)CC1(CBr)CCC1.